The predicted molar refractivity (Wildman–Crippen MR) is 61.4 cm³/mol. The maximum atomic E-state index is 12.4. The maximum absolute atomic E-state index is 12.4. The van der Waals surface area contributed by atoms with E-state index in [0.717, 1.165) is 12.1 Å². The van der Waals surface area contributed by atoms with Crippen molar-refractivity contribution >= 4 is 27.4 Å². The summed E-state index contributed by atoms with van der Waals surface area (Å²) < 4.78 is 37.4. The van der Waals surface area contributed by atoms with Crippen LogP contribution < -0.4 is 5.73 Å². The van der Waals surface area contributed by atoms with E-state index in [1.807, 2.05) is 0 Å². The molecule has 0 bridgehead atoms. The van der Waals surface area contributed by atoms with E-state index in [0.29, 0.717) is 4.90 Å². The topological polar surface area (TPSA) is 26.0 Å². The third kappa shape index (κ3) is 3.10. The van der Waals surface area contributed by atoms with Gasteiger partial charge < -0.3 is 5.73 Å². The van der Waals surface area contributed by atoms with Crippen molar-refractivity contribution in [3.8, 4) is 0 Å². The zero-order chi connectivity index (χ0) is 11.6. The molecule has 1 atom stereocenters. The SMILES string of the molecule is C[SH](C(N)=S)c1cccc(C(F)(F)F)c1. The second-order valence-corrected chi connectivity index (χ2v) is 5.80. The molecule has 0 aliphatic heterocycles. The fraction of sp³-hybridized carbons (Fsp3) is 0.222. The highest BCUT2D eigenvalue weighted by atomic mass is 32.2. The van der Waals surface area contributed by atoms with Gasteiger partial charge in [-0.2, -0.15) is 24.1 Å². The molecule has 84 valence electrons. The van der Waals surface area contributed by atoms with Crippen LogP contribution in [0, 0.1) is 0 Å². The Kier molecular flexibility index (Phi) is 3.62. The van der Waals surface area contributed by atoms with Gasteiger partial charge in [-0.25, -0.2) is 0 Å². The number of thiocarbonyl (C=S) groups is 1. The zero-order valence-corrected chi connectivity index (χ0v) is 9.59. The van der Waals surface area contributed by atoms with E-state index in [4.69, 9.17) is 18.0 Å². The first-order valence-corrected chi connectivity index (χ1v) is 6.22. The highest BCUT2D eigenvalue weighted by Gasteiger charge is 2.30. The first-order valence-electron chi connectivity index (χ1n) is 4.03. The smallest absolute Gasteiger partial charge is 0.386 e. The average molecular weight is 253 g/mol. The quantitative estimate of drug-likeness (QED) is 0.594. The van der Waals surface area contributed by atoms with Crippen LogP contribution in [0.1, 0.15) is 5.56 Å². The van der Waals surface area contributed by atoms with Gasteiger partial charge in [0.05, 0.1) is 5.56 Å². The fourth-order valence-corrected chi connectivity index (χ4v) is 2.23. The maximum Gasteiger partial charge on any atom is 0.416 e. The summed E-state index contributed by atoms with van der Waals surface area (Å²) in [5.74, 6) is 0. The molecule has 1 aromatic rings. The van der Waals surface area contributed by atoms with Crippen molar-refractivity contribution in [2.45, 2.75) is 11.1 Å². The molecule has 0 aliphatic carbocycles. The number of thiol groups is 1. The highest BCUT2D eigenvalue weighted by Crippen LogP contribution is 2.36. The lowest BCUT2D eigenvalue weighted by atomic mass is 10.2. The summed E-state index contributed by atoms with van der Waals surface area (Å²) >= 11 is 4.76. The Hall–Kier alpha value is -0.750. The molecule has 0 fully saturated rings. The number of halogens is 3. The van der Waals surface area contributed by atoms with E-state index in [2.05, 4.69) is 0 Å². The van der Waals surface area contributed by atoms with Gasteiger partial charge in [-0.05, 0) is 29.4 Å². The molecular weight excluding hydrogens is 243 g/mol. The third-order valence-corrected chi connectivity index (χ3v) is 4.43. The molecule has 0 saturated heterocycles. The zero-order valence-electron chi connectivity index (χ0n) is 7.88. The van der Waals surface area contributed by atoms with Crippen molar-refractivity contribution in [3.63, 3.8) is 0 Å². The van der Waals surface area contributed by atoms with E-state index in [-0.39, 0.29) is 4.32 Å². The van der Waals surface area contributed by atoms with E-state index in [1.54, 1.807) is 12.3 Å². The Morgan fingerprint density at radius 1 is 1.40 bits per heavy atom. The van der Waals surface area contributed by atoms with Gasteiger partial charge >= 0.3 is 6.18 Å². The van der Waals surface area contributed by atoms with E-state index in [1.165, 1.54) is 6.07 Å². The summed E-state index contributed by atoms with van der Waals surface area (Å²) in [5, 5.41) is 0. The molecule has 1 rings (SSSR count). The van der Waals surface area contributed by atoms with Crippen LogP contribution in [-0.4, -0.2) is 10.6 Å². The van der Waals surface area contributed by atoms with Gasteiger partial charge in [0.25, 0.3) is 0 Å². The van der Waals surface area contributed by atoms with Gasteiger partial charge in [-0.3, -0.25) is 0 Å². The number of rotatable bonds is 1. The predicted octanol–water partition coefficient (Wildman–Crippen LogP) is 2.94. The van der Waals surface area contributed by atoms with Crippen LogP contribution in [0.2, 0.25) is 0 Å². The lowest BCUT2D eigenvalue weighted by Gasteiger charge is -2.16. The molecule has 0 saturated carbocycles. The van der Waals surface area contributed by atoms with Crippen LogP contribution in [-0.2, 0) is 6.18 Å². The van der Waals surface area contributed by atoms with Gasteiger partial charge in [0.2, 0.25) is 0 Å². The van der Waals surface area contributed by atoms with Crippen LogP contribution in [0.25, 0.3) is 0 Å². The molecule has 1 unspecified atom stereocenters. The molecule has 1 nitrogen and oxygen atoms in total. The minimum absolute atomic E-state index is 0.254. The molecule has 6 heteroatoms. The largest absolute Gasteiger partial charge is 0.416 e. The minimum Gasteiger partial charge on any atom is -0.386 e. The number of nitrogens with two attached hydrogens (primary N) is 1. The Labute approximate surface area is 93.8 Å². The van der Waals surface area contributed by atoms with Crippen molar-refractivity contribution in [1.82, 2.24) is 0 Å². The van der Waals surface area contributed by atoms with Gasteiger partial charge in [0, 0.05) is 0 Å². The molecule has 0 spiro atoms. The van der Waals surface area contributed by atoms with Gasteiger partial charge in [-0.15, -0.1) is 0 Å². The standard InChI is InChI=1S/C9H10F3NS2/c1-15(8(13)14)7-4-2-3-6(5-7)9(10,11)12/h2-5,15H,1H3,(H2,13,14). The summed E-state index contributed by atoms with van der Waals surface area (Å²) in [7, 11) is -0.989. The van der Waals surface area contributed by atoms with Crippen LogP contribution in [0.15, 0.2) is 29.2 Å². The van der Waals surface area contributed by atoms with Crippen molar-refractivity contribution < 1.29 is 13.2 Å². The van der Waals surface area contributed by atoms with Crippen LogP contribution >= 0.6 is 23.1 Å². The minimum atomic E-state index is -4.32. The number of hydrogen-bond acceptors (Lipinski definition) is 1. The van der Waals surface area contributed by atoms with Gasteiger partial charge in [-0.1, -0.05) is 18.3 Å². The Morgan fingerprint density at radius 2 is 2.00 bits per heavy atom. The van der Waals surface area contributed by atoms with E-state index < -0.39 is 22.6 Å². The van der Waals surface area contributed by atoms with Crippen LogP contribution in [0.4, 0.5) is 13.2 Å². The van der Waals surface area contributed by atoms with Gasteiger partial charge in [0.1, 0.15) is 4.32 Å². The fourth-order valence-electron chi connectivity index (χ4n) is 1.02. The normalized spacial score (nSPS) is 14.8. The van der Waals surface area contributed by atoms with E-state index in [9.17, 15) is 13.2 Å². The Balaban J connectivity index is 3.08. The average Bonchev–Trinajstić information content (AvgIpc) is 2.15. The number of alkyl halides is 3. The lowest BCUT2D eigenvalue weighted by molar-refractivity contribution is -0.137. The summed E-state index contributed by atoms with van der Waals surface area (Å²) in [6, 6.07) is 5.12. The Morgan fingerprint density at radius 3 is 2.47 bits per heavy atom. The molecule has 0 radical (unpaired) electrons. The van der Waals surface area contributed by atoms with Gasteiger partial charge in [0.15, 0.2) is 0 Å². The van der Waals surface area contributed by atoms with Crippen molar-refractivity contribution in [2.75, 3.05) is 6.26 Å². The molecule has 0 aliphatic rings. The molecule has 15 heavy (non-hydrogen) atoms. The lowest BCUT2D eigenvalue weighted by Crippen LogP contribution is -2.09. The monoisotopic (exact) mass is 253 g/mol. The second-order valence-electron chi connectivity index (χ2n) is 2.95. The van der Waals surface area contributed by atoms with Crippen molar-refractivity contribution in [1.29, 1.82) is 0 Å². The second kappa shape index (κ2) is 4.40. The number of benzene rings is 1. The molecular formula is C9H10F3NS2. The summed E-state index contributed by atoms with van der Waals surface area (Å²) in [5.41, 5.74) is 4.74. The van der Waals surface area contributed by atoms with Crippen molar-refractivity contribution in [3.05, 3.63) is 29.8 Å². The van der Waals surface area contributed by atoms with Crippen LogP contribution in [0.5, 0.6) is 0 Å². The first-order chi connectivity index (χ1) is 6.82. The van der Waals surface area contributed by atoms with Crippen molar-refractivity contribution in [2.24, 2.45) is 5.73 Å². The summed E-state index contributed by atoms with van der Waals surface area (Å²) in [6.45, 7) is 0. The summed E-state index contributed by atoms with van der Waals surface area (Å²) in [4.78, 5) is 0.548. The van der Waals surface area contributed by atoms with E-state index >= 15 is 0 Å². The Bertz CT molecular complexity index is 376. The molecule has 1 aromatic carbocycles. The molecule has 0 amide bonds. The summed E-state index contributed by atoms with van der Waals surface area (Å²) in [6.07, 6.45) is -2.57. The molecule has 0 aromatic heterocycles. The molecule has 2 N–H and O–H groups in total. The molecule has 0 heterocycles. The first kappa shape index (κ1) is 12.3. The number of hydrogen-bond donors (Lipinski definition) is 2. The van der Waals surface area contributed by atoms with Crippen LogP contribution in [0.3, 0.4) is 0 Å². The third-order valence-electron chi connectivity index (χ3n) is 1.89. The highest BCUT2D eigenvalue weighted by molar-refractivity contribution is 8.35.